The molecule has 1 aromatic heterocycles. The summed E-state index contributed by atoms with van der Waals surface area (Å²) in [4.78, 5) is 21.4. The summed E-state index contributed by atoms with van der Waals surface area (Å²) in [6, 6.07) is 7.36. The molecule has 0 bridgehead atoms. The highest BCUT2D eigenvalue weighted by molar-refractivity contribution is 5.94. The molecule has 3 N–H and O–H groups in total. The van der Waals surface area contributed by atoms with Gasteiger partial charge in [-0.15, -0.1) is 0 Å². The van der Waals surface area contributed by atoms with E-state index in [0.717, 1.165) is 0 Å². The van der Waals surface area contributed by atoms with Gasteiger partial charge in [-0.1, -0.05) is 0 Å². The van der Waals surface area contributed by atoms with Gasteiger partial charge in [0.15, 0.2) is 0 Å². The van der Waals surface area contributed by atoms with E-state index in [2.05, 4.69) is 5.32 Å². The van der Waals surface area contributed by atoms with Crippen LogP contribution >= 0.6 is 0 Å². The van der Waals surface area contributed by atoms with E-state index < -0.39 is 10.8 Å². The molecule has 0 aliphatic carbocycles. The van der Waals surface area contributed by atoms with Crippen LogP contribution in [0.4, 0.5) is 11.4 Å². The van der Waals surface area contributed by atoms with Gasteiger partial charge in [-0.25, -0.2) is 0 Å². The number of furan rings is 1. The summed E-state index contributed by atoms with van der Waals surface area (Å²) >= 11 is 0. The molecule has 1 aromatic carbocycles. The first-order valence-electron chi connectivity index (χ1n) is 5.42. The second-order valence-corrected chi connectivity index (χ2v) is 3.79. The average molecular weight is 261 g/mol. The largest absolute Gasteiger partial charge is 0.467 e. The van der Waals surface area contributed by atoms with Crippen LogP contribution in [0.2, 0.25) is 0 Å². The number of anilines is 1. The van der Waals surface area contributed by atoms with E-state index >= 15 is 0 Å². The minimum Gasteiger partial charge on any atom is -0.467 e. The van der Waals surface area contributed by atoms with Crippen LogP contribution in [0.25, 0.3) is 0 Å². The van der Waals surface area contributed by atoms with E-state index in [1.807, 2.05) is 0 Å². The third-order valence-corrected chi connectivity index (χ3v) is 2.51. The molecule has 0 radical (unpaired) electrons. The van der Waals surface area contributed by atoms with Crippen molar-refractivity contribution < 1.29 is 14.1 Å². The second kappa shape index (κ2) is 5.21. The van der Waals surface area contributed by atoms with E-state index in [-0.39, 0.29) is 23.5 Å². The van der Waals surface area contributed by atoms with Crippen molar-refractivity contribution >= 4 is 17.3 Å². The summed E-state index contributed by atoms with van der Waals surface area (Å²) in [6.45, 7) is 0.274. The van der Waals surface area contributed by atoms with Gasteiger partial charge >= 0.3 is 0 Å². The Morgan fingerprint density at radius 2 is 2.21 bits per heavy atom. The maximum atomic E-state index is 11.1. The lowest BCUT2D eigenvalue weighted by Gasteiger charge is -2.06. The molecular formula is C12H11N3O4. The number of rotatable bonds is 5. The normalized spacial score (nSPS) is 10.1. The molecule has 1 heterocycles. The lowest BCUT2D eigenvalue weighted by atomic mass is 10.1. The molecule has 0 atom stereocenters. The molecule has 0 saturated carbocycles. The predicted molar refractivity (Wildman–Crippen MR) is 67.6 cm³/mol. The number of amides is 1. The quantitative estimate of drug-likeness (QED) is 0.630. The molecule has 0 saturated heterocycles. The van der Waals surface area contributed by atoms with Gasteiger partial charge < -0.3 is 15.5 Å². The van der Waals surface area contributed by atoms with E-state index in [4.69, 9.17) is 10.2 Å². The fourth-order valence-electron chi connectivity index (χ4n) is 1.59. The number of nitrogens with two attached hydrogens (primary N) is 1. The van der Waals surface area contributed by atoms with E-state index in [1.165, 1.54) is 24.5 Å². The van der Waals surface area contributed by atoms with Crippen molar-refractivity contribution in [3.05, 3.63) is 58.0 Å². The first-order chi connectivity index (χ1) is 9.08. The molecule has 1 amide bonds. The molecule has 98 valence electrons. The number of primary amides is 1. The van der Waals surface area contributed by atoms with Gasteiger partial charge in [-0.05, 0) is 24.3 Å². The molecule has 0 aliphatic rings. The monoisotopic (exact) mass is 261 g/mol. The Bertz CT molecular complexity index is 607. The zero-order valence-corrected chi connectivity index (χ0v) is 9.83. The Morgan fingerprint density at radius 3 is 2.79 bits per heavy atom. The number of benzene rings is 1. The van der Waals surface area contributed by atoms with Gasteiger partial charge in [0.1, 0.15) is 11.4 Å². The minimum absolute atomic E-state index is 0.128. The van der Waals surface area contributed by atoms with Crippen LogP contribution in [0.1, 0.15) is 16.1 Å². The van der Waals surface area contributed by atoms with Gasteiger partial charge in [0.25, 0.3) is 5.69 Å². The number of carbonyl (C=O) groups excluding carboxylic acids is 1. The predicted octanol–water partition coefficient (Wildman–Crippen LogP) is 1.90. The third kappa shape index (κ3) is 2.89. The van der Waals surface area contributed by atoms with Crippen LogP contribution in [0, 0.1) is 10.1 Å². The van der Waals surface area contributed by atoms with Crippen molar-refractivity contribution in [3.63, 3.8) is 0 Å². The smallest absolute Gasteiger partial charge is 0.292 e. The first kappa shape index (κ1) is 12.6. The zero-order chi connectivity index (χ0) is 13.8. The molecule has 2 aromatic rings. The first-order valence-corrected chi connectivity index (χ1v) is 5.42. The van der Waals surface area contributed by atoms with E-state index in [9.17, 15) is 14.9 Å². The number of carbonyl (C=O) groups is 1. The van der Waals surface area contributed by atoms with Gasteiger partial charge in [-0.2, -0.15) is 0 Å². The highest BCUT2D eigenvalue weighted by Gasteiger charge is 2.15. The molecule has 7 heteroatoms. The molecule has 7 nitrogen and oxygen atoms in total. The van der Waals surface area contributed by atoms with Crippen LogP contribution in [-0.2, 0) is 6.54 Å². The van der Waals surface area contributed by atoms with Crippen LogP contribution < -0.4 is 11.1 Å². The maximum absolute atomic E-state index is 11.1. The lowest BCUT2D eigenvalue weighted by molar-refractivity contribution is -0.384. The molecule has 0 spiro atoms. The Morgan fingerprint density at radius 1 is 1.42 bits per heavy atom. The summed E-state index contributed by atoms with van der Waals surface area (Å²) in [5, 5.41) is 13.7. The van der Waals surface area contributed by atoms with Crippen molar-refractivity contribution in [2.75, 3.05) is 5.32 Å². The SMILES string of the molecule is NC(=O)c1ccc([N+](=O)[O-])c(NCc2ccco2)c1. The fraction of sp³-hybridized carbons (Fsp3) is 0.0833. The number of nitro benzene ring substituents is 1. The lowest BCUT2D eigenvalue weighted by Crippen LogP contribution is -2.12. The molecule has 19 heavy (non-hydrogen) atoms. The Kier molecular flexibility index (Phi) is 3.46. The fourth-order valence-corrected chi connectivity index (χ4v) is 1.59. The van der Waals surface area contributed by atoms with Gasteiger partial charge in [0, 0.05) is 11.6 Å². The van der Waals surface area contributed by atoms with Crippen LogP contribution in [0.3, 0.4) is 0 Å². The summed E-state index contributed by atoms with van der Waals surface area (Å²) in [7, 11) is 0. The highest BCUT2D eigenvalue weighted by atomic mass is 16.6. The number of nitrogens with zero attached hydrogens (tertiary/aromatic N) is 1. The Hall–Kier alpha value is -2.83. The molecular weight excluding hydrogens is 250 g/mol. The summed E-state index contributed by atoms with van der Waals surface area (Å²) in [5.74, 6) is -0.0188. The number of hydrogen-bond acceptors (Lipinski definition) is 5. The van der Waals surface area contributed by atoms with Gasteiger partial charge in [0.05, 0.1) is 17.7 Å². The van der Waals surface area contributed by atoms with Gasteiger partial charge in [-0.3, -0.25) is 14.9 Å². The average Bonchev–Trinajstić information content (AvgIpc) is 2.88. The molecule has 2 rings (SSSR count). The molecule has 0 unspecified atom stereocenters. The second-order valence-electron chi connectivity index (χ2n) is 3.79. The molecule has 0 aliphatic heterocycles. The third-order valence-electron chi connectivity index (χ3n) is 2.51. The van der Waals surface area contributed by atoms with Crippen molar-refractivity contribution in [2.45, 2.75) is 6.54 Å². The maximum Gasteiger partial charge on any atom is 0.292 e. The topological polar surface area (TPSA) is 111 Å². The Labute approximate surface area is 108 Å². The van der Waals surface area contributed by atoms with E-state index in [0.29, 0.717) is 5.76 Å². The van der Waals surface area contributed by atoms with Crippen molar-refractivity contribution in [1.82, 2.24) is 0 Å². The van der Waals surface area contributed by atoms with E-state index in [1.54, 1.807) is 12.1 Å². The number of hydrogen-bond donors (Lipinski definition) is 2. The molecule has 0 fully saturated rings. The summed E-state index contributed by atoms with van der Waals surface area (Å²) in [5.41, 5.74) is 5.44. The minimum atomic E-state index is -0.643. The number of nitrogens with one attached hydrogen (secondary N) is 1. The standard InChI is InChI=1S/C12H11N3O4/c13-12(16)8-3-4-11(15(17)18)10(6-8)14-7-9-2-1-5-19-9/h1-6,14H,7H2,(H2,13,16). The Balaban J connectivity index is 2.27. The van der Waals surface area contributed by atoms with Crippen molar-refractivity contribution in [1.29, 1.82) is 0 Å². The summed E-state index contributed by atoms with van der Waals surface area (Å²) < 4.78 is 5.11. The van der Waals surface area contributed by atoms with Crippen LogP contribution in [0.15, 0.2) is 41.0 Å². The van der Waals surface area contributed by atoms with Crippen LogP contribution in [-0.4, -0.2) is 10.8 Å². The zero-order valence-electron chi connectivity index (χ0n) is 9.83. The van der Waals surface area contributed by atoms with Crippen LogP contribution in [0.5, 0.6) is 0 Å². The van der Waals surface area contributed by atoms with Crippen molar-refractivity contribution in [3.8, 4) is 0 Å². The highest BCUT2D eigenvalue weighted by Crippen LogP contribution is 2.26. The van der Waals surface area contributed by atoms with Crippen molar-refractivity contribution in [2.24, 2.45) is 5.73 Å². The number of nitro groups is 1. The van der Waals surface area contributed by atoms with Gasteiger partial charge in [0.2, 0.25) is 5.91 Å². The summed E-state index contributed by atoms with van der Waals surface area (Å²) in [6.07, 6.45) is 1.51.